The van der Waals surface area contributed by atoms with E-state index in [-0.39, 0.29) is 31.5 Å². The first kappa shape index (κ1) is 48.7. The van der Waals surface area contributed by atoms with Gasteiger partial charge in [0.1, 0.15) is 0 Å². The Labute approximate surface area is 401 Å². The molecule has 0 N–H and O–H groups in total. The third-order valence-corrected chi connectivity index (χ3v) is 20.9. The van der Waals surface area contributed by atoms with Crippen LogP contribution in [0.2, 0.25) is 9.85 Å². The molecule has 2 unspecified atom stereocenters. The van der Waals surface area contributed by atoms with Gasteiger partial charge in [-0.15, -0.1) is 0 Å². The first-order valence-corrected chi connectivity index (χ1v) is 27.5. The van der Waals surface area contributed by atoms with Crippen LogP contribution in [0.4, 0.5) is 0 Å². The molecule has 0 aromatic heterocycles. The Hall–Kier alpha value is -4.72. The van der Waals surface area contributed by atoms with Gasteiger partial charge in [0, 0.05) is 0 Å². The molecule has 0 saturated carbocycles. The predicted molar refractivity (Wildman–Crippen MR) is 264 cm³/mol. The van der Waals surface area contributed by atoms with E-state index >= 15 is 3.83 Å². The number of ether oxygens (including phenoxy) is 7. The van der Waals surface area contributed by atoms with Gasteiger partial charge in [-0.1, -0.05) is 0 Å². The predicted octanol–water partition coefficient (Wildman–Crippen LogP) is 8.69. The van der Waals surface area contributed by atoms with Crippen molar-refractivity contribution in [3.63, 3.8) is 0 Å². The zero-order valence-electron chi connectivity index (χ0n) is 38.7. The minimum absolute atomic E-state index is 0.157. The van der Waals surface area contributed by atoms with Gasteiger partial charge in [0.25, 0.3) is 0 Å². The molecule has 0 spiro atoms. The van der Waals surface area contributed by atoms with Crippen molar-refractivity contribution in [3.8, 4) is 0 Å². The second kappa shape index (κ2) is 23.5. The molecule has 1 saturated heterocycles. The Morgan fingerprint density at radius 2 is 1.03 bits per heavy atom. The molecule has 1 fully saturated rings. The second-order valence-corrected chi connectivity index (χ2v) is 25.6. The summed E-state index contributed by atoms with van der Waals surface area (Å²) in [6.45, 7) is 7.98. The van der Waals surface area contributed by atoms with Crippen molar-refractivity contribution in [2.24, 2.45) is 0 Å². The zero-order valence-corrected chi connectivity index (χ0v) is 41.4. The molecule has 9 nitrogen and oxygen atoms in total. The molecule has 67 heavy (non-hydrogen) atoms. The summed E-state index contributed by atoms with van der Waals surface area (Å²) in [6.07, 6.45) is -1.36. The zero-order chi connectivity index (χ0) is 46.5. The molecule has 0 aliphatic carbocycles. The fourth-order valence-electron chi connectivity index (χ4n) is 9.00. The van der Waals surface area contributed by atoms with Gasteiger partial charge in [0.2, 0.25) is 0 Å². The van der Waals surface area contributed by atoms with E-state index in [1.807, 2.05) is 146 Å². The van der Waals surface area contributed by atoms with Crippen LogP contribution in [0.15, 0.2) is 194 Å². The molecule has 2 aliphatic heterocycles. The molecule has 0 bridgehead atoms. The van der Waals surface area contributed by atoms with Crippen molar-refractivity contribution >= 4 is 37.0 Å². The van der Waals surface area contributed by atoms with E-state index in [1.165, 1.54) is 0 Å². The fraction of sp³-hybridized carbons (Fsp3) is 0.321. The topological polar surface area (TPSA) is 90.9 Å². The van der Waals surface area contributed by atoms with Crippen molar-refractivity contribution in [2.45, 2.75) is 93.5 Å². The molecule has 350 valence electrons. The minimum atomic E-state index is -3.05. The van der Waals surface area contributed by atoms with E-state index in [9.17, 15) is 0 Å². The first-order chi connectivity index (χ1) is 32.7. The Balaban J connectivity index is 1.17. The van der Waals surface area contributed by atoms with E-state index < -0.39 is 70.1 Å². The van der Waals surface area contributed by atoms with E-state index in [4.69, 9.17) is 37.6 Å². The summed E-state index contributed by atoms with van der Waals surface area (Å²) < 4.78 is 70.8. The van der Waals surface area contributed by atoms with Crippen molar-refractivity contribution < 1.29 is 41.4 Å². The van der Waals surface area contributed by atoms with Gasteiger partial charge in [-0.25, -0.2) is 0 Å². The SMILES string of the molecule is CO[C@@H]1C=C[C@H](O[C@H]2O[C@H](COCc3ccccc3)[C@@H](OCc3ccccc3)[C@H](OCc3ccccc3)C2[Se](=O)c2ccccc2)[C@@H](CO[Si](c2ccccc2)(c2ccccc2)C(C)(C)C)O1. The molecule has 0 amide bonds. The third-order valence-electron chi connectivity index (χ3n) is 12.3. The molecule has 0 radical (unpaired) electrons. The fourth-order valence-corrected chi connectivity index (χ4v) is 16.8. The van der Waals surface area contributed by atoms with Gasteiger partial charge in [-0.3, -0.25) is 0 Å². The van der Waals surface area contributed by atoms with Crippen molar-refractivity contribution in [2.75, 3.05) is 20.3 Å². The van der Waals surface area contributed by atoms with Gasteiger partial charge in [0.05, 0.1) is 0 Å². The van der Waals surface area contributed by atoms with Crippen LogP contribution in [0.5, 0.6) is 0 Å². The average Bonchev–Trinajstić information content (AvgIpc) is 3.37. The second-order valence-electron chi connectivity index (χ2n) is 17.9. The normalized spacial score (nSPS) is 23.7. The molecule has 8 rings (SSSR count). The average molecular weight is 986 g/mol. The molecular formula is C56H62O9SeSi. The molecule has 2 heterocycles. The standard InChI is InChI=1S/C56H62O9SeSi/c1-56(2,3)67(46-31-19-9-20-32-46,47-33-21-10-22-34-47)62-41-49-48(35-36-51(58-4)63-49)64-55-54(66(57)45-29-17-8-18-30-45)53(61-39-44-27-15-7-16-28-44)52(60-38-43-25-13-6-14-26-43)50(65-55)40-59-37-42-23-11-5-12-24-42/h5-36,48-55H,37-41H2,1-4H3/t48-,49+,50+,51-,52+,53-,54?,55-,66?/m0/s1. The molecule has 6 aromatic carbocycles. The number of hydrogen-bond donors (Lipinski definition) is 0. The molecule has 2 aliphatic rings. The maximum absolute atomic E-state index is 15.5. The molecular weight excluding hydrogens is 924 g/mol. The van der Waals surface area contributed by atoms with Crippen LogP contribution < -0.4 is 14.8 Å². The third kappa shape index (κ3) is 12.1. The van der Waals surface area contributed by atoms with E-state index in [0.717, 1.165) is 27.1 Å². The number of rotatable bonds is 20. The van der Waals surface area contributed by atoms with E-state index in [2.05, 4.69) is 69.3 Å². The van der Waals surface area contributed by atoms with Gasteiger partial charge >= 0.3 is 403 Å². The van der Waals surface area contributed by atoms with Crippen LogP contribution in [0.1, 0.15) is 37.5 Å². The van der Waals surface area contributed by atoms with Crippen LogP contribution in [-0.2, 0) is 61.2 Å². The first-order valence-electron chi connectivity index (χ1n) is 23.0. The summed E-state index contributed by atoms with van der Waals surface area (Å²) in [5.41, 5.74) is 2.99. The monoisotopic (exact) mass is 986 g/mol. The number of hydrogen-bond acceptors (Lipinski definition) is 9. The Bertz CT molecular complexity index is 2390. The number of benzene rings is 6. The summed E-state index contributed by atoms with van der Waals surface area (Å²) in [6, 6.07) is 60.7. The molecule has 6 aromatic rings. The van der Waals surface area contributed by atoms with Gasteiger partial charge < -0.3 is 0 Å². The molecule has 11 heteroatoms. The van der Waals surface area contributed by atoms with Gasteiger partial charge in [0.15, 0.2) is 0 Å². The van der Waals surface area contributed by atoms with Crippen LogP contribution in [-0.4, -0.2) is 85.6 Å². The van der Waals surface area contributed by atoms with E-state index in [1.54, 1.807) is 7.11 Å². The summed E-state index contributed by atoms with van der Waals surface area (Å²) in [5.74, 6) is 0. The van der Waals surface area contributed by atoms with Gasteiger partial charge in [-0.2, -0.15) is 0 Å². The Kier molecular flexibility index (Phi) is 17.1. The Morgan fingerprint density at radius 3 is 1.54 bits per heavy atom. The Morgan fingerprint density at radius 1 is 0.552 bits per heavy atom. The van der Waals surface area contributed by atoms with Crippen molar-refractivity contribution in [3.05, 3.63) is 211 Å². The van der Waals surface area contributed by atoms with Gasteiger partial charge in [-0.05, 0) is 0 Å². The number of methoxy groups -OCH3 is 1. The quantitative estimate of drug-likeness (QED) is 0.0551. The maximum atomic E-state index is 15.5. The summed E-state index contributed by atoms with van der Waals surface area (Å²) in [7, 11) is -1.39. The summed E-state index contributed by atoms with van der Waals surface area (Å²) >= 11 is -3.05. The molecule has 9 atom stereocenters. The van der Waals surface area contributed by atoms with Crippen LogP contribution >= 0.6 is 0 Å². The van der Waals surface area contributed by atoms with Crippen LogP contribution in [0.3, 0.4) is 0 Å². The van der Waals surface area contributed by atoms with Crippen molar-refractivity contribution in [1.82, 2.24) is 0 Å². The van der Waals surface area contributed by atoms with Crippen LogP contribution in [0, 0.1) is 0 Å². The van der Waals surface area contributed by atoms with Crippen LogP contribution in [0.25, 0.3) is 0 Å². The summed E-state index contributed by atoms with van der Waals surface area (Å²) in [5, 5.41) is 2.02. The van der Waals surface area contributed by atoms with Crippen molar-refractivity contribution in [1.29, 1.82) is 0 Å². The summed E-state index contributed by atoms with van der Waals surface area (Å²) in [4.78, 5) is -0.774. The van der Waals surface area contributed by atoms with E-state index in [0.29, 0.717) is 11.1 Å².